The number of hydrogen-bond donors (Lipinski definition) is 0. The van der Waals surface area contributed by atoms with Gasteiger partial charge in [-0.05, 0) is 24.1 Å². The van der Waals surface area contributed by atoms with Crippen LogP contribution in [0.1, 0.15) is 11.3 Å². The van der Waals surface area contributed by atoms with Gasteiger partial charge in [0.05, 0.1) is 11.0 Å². The summed E-state index contributed by atoms with van der Waals surface area (Å²) in [6, 6.07) is 20.5. The van der Waals surface area contributed by atoms with Crippen LogP contribution in [0.2, 0.25) is 0 Å². The molecule has 0 N–H and O–H groups in total. The standard InChI is InChI=1S/C21H21N5/c22-16-20-21(24-19-9-5-4-8-18(19)23-20)26-14-12-25(13-15-26)11-10-17-6-2-1-3-7-17/h1-9H,10-15H2. The van der Waals surface area contributed by atoms with Crippen molar-refractivity contribution in [2.75, 3.05) is 37.6 Å². The van der Waals surface area contributed by atoms with Gasteiger partial charge in [0.1, 0.15) is 6.07 Å². The van der Waals surface area contributed by atoms with Crippen molar-refractivity contribution in [1.29, 1.82) is 5.26 Å². The van der Waals surface area contributed by atoms with Gasteiger partial charge in [0.25, 0.3) is 0 Å². The van der Waals surface area contributed by atoms with Crippen LogP contribution in [-0.4, -0.2) is 47.6 Å². The molecule has 5 heteroatoms. The molecular formula is C21H21N5. The number of benzene rings is 2. The zero-order valence-electron chi connectivity index (χ0n) is 14.7. The fourth-order valence-corrected chi connectivity index (χ4v) is 3.40. The molecule has 5 nitrogen and oxygen atoms in total. The molecule has 1 aromatic heterocycles. The first-order valence-electron chi connectivity index (χ1n) is 9.01. The van der Waals surface area contributed by atoms with Gasteiger partial charge in [-0.15, -0.1) is 0 Å². The van der Waals surface area contributed by atoms with Crippen molar-refractivity contribution in [3.05, 3.63) is 65.9 Å². The summed E-state index contributed by atoms with van der Waals surface area (Å²) in [5, 5.41) is 9.48. The highest BCUT2D eigenvalue weighted by molar-refractivity contribution is 5.77. The Morgan fingerprint density at radius 1 is 0.846 bits per heavy atom. The predicted molar refractivity (Wildman–Crippen MR) is 103 cm³/mol. The molecule has 130 valence electrons. The number of anilines is 1. The Hall–Kier alpha value is -2.97. The van der Waals surface area contributed by atoms with Crippen molar-refractivity contribution in [3.8, 4) is 6.07 Å². The average Bonchev–Trinajstić information content (AvgIpc) is 2.72. The molecule has 0 radical (unpaired) electrons. The Balaban J connectivity index is 1.43. The molecular weight excluding hydrogens is 322 g/mol. The van der Waals surface area contributed by atoms with E-state index in [0.29, 0.717) is 11.5 Å². The van der Waals surface area contributed by atoms with E-state index in [1.165, 1.54) is 5.56 Å². The molecule has 3 aromatic rings. The number of rotatable bonds is 4. The fourth-order valence-electron chi connectivity index (χ4n) is 3.40. The molecule has 1 aliphatic heterocycles. The van der Waals surface area contributed by atoms with Crippen LogP contribution in [0.15, 0.2) is 54.6 Å². The average molecular weight is 343 g/mol. The summed E-state index contributed by atoms with van der Waals surface area (Å²) in [6.07, 6.45) is 1.07. The first-order valence-corrected chi connectivity index (χ1v) is 9.01. The highest BCUT2D eigenvalue weighted by Gasteiger charge is 2.21. The summed E-state index contributed by atoms with van der Waals surface area (Å²) in [4.78, 5) is 13.9. The second-order valence-electron chi connectivity index (χ2n) is 6.56. The minimum absolute atomic E-state index is 0.418. The maximum atomic E-state index is 9.48. The summed E-state index contributed by atoms with van der Waals surface area (Å²) in [5.74, 6) is 0.717. The summed E-state index contributed by atoms with van der Waals surface area (Å²) in [6.45, 7) is 4.76. The molecule has 26 heavy (non-hydrogen) atoms. The number of nitrogens with zero attached hydrogens (tertiary/aromatic N) is 5. The van der Waals surface area contributed by atoms with E-state index < -0.39 is 0 Å². The molecule has 0 aliphatic carbocycles. The van der Waals surface area contributed by atoms with Gasteiger partial charge in [-0.25, -0.2) is 9.97 Å². The van der Waals surface area contributed by atoms with Crippen LogP contribution in [0.4, 0.5) is 5.82 Å². The topological polar surface area (TPSA) is 56.1 Å². The van der Waals surface area contributed by atoms with Crippen molar-refractivity contribution in [2.24, 2.45) is 0 Å². The highest BCUT2D eigenvalue weighted by Crippen LogP contribution is 2.21. The molecule has 1 saturated heterocycles. The minimum Gasteiger partial charge on any atom is -0.352 e. The molecule has 1 fully saturated rings. The number of para-hydroxylation sites is 2. The number of aromatic nitrogens is 2. The lowest BCUT2D eigenvalue weighted by Gasteiger charge is -2.35. The third-order valence-electron chi connectivity index (χ3n) is 4.89. The Labute approximate surface area is 153 Å². The fraction of sp³-hybridized carbons (Fsp3) is 0.286. The third kappa shape index (κ3) is 3.51. The Kier molecular flexibility index (Phi) is 4.76. The monoisotopic (exact) mass is 343 g/mol. The van der Waals surface area contributed by atoms with Crippen molar-refractivity contribution in [3.63, 3.8) is 0 Å². The first-order chi connectivity index (χ1) is 12.8. The van der Waals surface area contributed by atoms with Crippen molar-refractivity contribution in [2.45, 2.75) is 6.42 Å². The van der Waals surface area contributed by atoms with Gasteiger partial charge in [0, 0.05) is 32.7 Å². The molecule has 1 aliphatic rings. The summed E-state index contributed by atoms with van der Waals surface area (Å²) in [5.41, 5.74) is 3.41. The zero-order chi connectivity index (χ0) is 17.8. The zero-order valence-corrected chi connectivity index (χ0v) is 14.7. The van der Waals surface area contributed by atoms with E-state index in [0.717, 1.165) is 50.2 Å². The first kappa shape index (κ1) is 16.5. The summed E-state index contributed by atoms with van der Waals surface area (Å²) >= 11 is 0. The van der Waals surface area contributed by atoms with Crippen molar-refractivity contribution < 1.29 is 0 Å². The largest absolute Gasteiger partial charge is 0.352 e. The van der Waals surface area contributed by atoms with Crippen LogP contribution in [0, 0.1) is 11.3 Å². The maximum Gasteiger partial charge on any atom is 0.183 e. The van der Waals surface area contributed by atoms with Gasteiger partial charge in [-0.2, -0.15) is 5.26 Å². The van der Waals surface area contributed by atoms with Gasteiger partial charge < -0.3 is 4.90 Å². The third-order valence-corrected chi connectivity index (χ3v) is 4.89. The Bertz CT molecular complexity index is 924. The van der Waals surface area contributed by atoms with Crippen LogP contribution in [-0.2, 0) is 6.42 Å². The van der Waals surface area contributed by atoms with E-state index >= 15 is 0 Å². The summed E-state index contributed by atoms with van der Waals surface area (Å²) in [7, 11) is 0. The van der Waals surface area contributed by atoms with Crippen LogP contribution < -0.4 is 4.90 Å². The van der Waals surface area contributed by atoms with Crippen molar-refractivity contribution in [1.82, 2.24) is 14.9 Å². The highest BCUT2D eigenvalue weighted by atomic mass is 15.3. The smallest absolute Gasteiger partial charge is 0.183 e. The van der Waals surface area contributed by atoms with Gasteiger partial charge >= 0.3 is 0 Å². The van der Waals surface area contributed by atoms with Gasteiger partial charge in [0.2, 0.25) is 0 Å². The normalized spacial score (nSPS) is 15.1. The molecule has 2 aromatic carbocycles. The Morgan fingerprint density at radius 2 is 1.50 bits per heavy atom. The van der Waals surface area contributed by atoms with E-state index in [-0.39, 0.29) is 0 Å². The van der Waals surface area contributed by atoms with E-state index in [9.17, 15) is 5.26 Å². The van der Waals surface area contributed by atoms with E-state index in [2.05, 4.69) is 51.2 Å². The Morgan fingerprint density at radius 3 is 2.19 bits per heavy atom. The molecule has 0 atom stereocenters. The number of piperazine rings is 1. The van der Waals surface area contributed by atoms with E-state index in [4.69, 9.17) is 4.98 Å². The molecule has 4 rings (SSSR count). The molecule has 0 amide bonds. The van der Waals surface area contributed by atoms with Crippen LogP contribution in [0.3, 0.4) is 0 Å². The number of hydrogen-bond acceptors (Lipinski definition) is 5. The lowest BCUT2D eigenvalue weighted by Crippen LogP contribution is -2.47. The van der Waals surface area contributed by atoms with E-state index in [1.807, 2.05) is 24.3 Å². The van der Waals surface area contributed by atoms with Gasteiger partial charge in [-0.1, -0.05) is 42.5 Å². The molecule has 0 spiro atoms. The van der Waals surface area contributed by atoms with Crippen LogP contribution in [0.5, 0.6) is 0 Å². The molecule has 2 heterocycles. The molecule has 0 unspecified atom stereocenters. The number of fused-ring (bicyclic) bond motifs is 1. The van der Waals surface area contributed by atoms with Crippen LogP contribution >= 0.6 is 0 Å². The second kappa shape index (κ2) is 7.51. The second-order valence-corrected chi connectivity index (χ2v) is 6.56. The van der Waals surface area contributed by atoms with Crippen molar-refractivity contribution >= 4 is 16.9 Å². The predicted octanol–water partition coefficient (Wildman–Crippen LogP) is 2.87. The van der Waals surface area contributed by atoms with Crippen LogP contribution in [0.25, 0.3) is 11.0 Å². The molecule has 0 saturated carbocycles. The maximum absolute atomic E-state index is 9.48. The van der Waals surface area contributed by atoms with Gasteiger partial charge in [0.15, 0.2) is 11.5 Å². The summed E-state index contributed by atoms with van der Waals surface area (Å²) < 4.78 is 0. The van der Waals surface area contributed by atoms with Gasteiger partial charge in [-0.3, -0.25) is 4.90 Å². The SMILES string of the molecule is N#Cc1nc2ccccc2nc1N1CCN(CCc2ccccc2)CC1. The minimum atomic E-state index is 0.418. The molecule has 0 bridgehead atoms. The van der Waals surface area contributed by atoms with E-state index in [1.54, 1.807) is 0 Å². The lowest BCUT2D eigenvalue weighted by atomic mass is 10.1. The lowest BCUT2D eigenvalue weighted by molar-refractivity contribution is 0.260. The number of nitriles is 1. The quantitative estimate of drug-likeness (QED) is 0.729.